The molecule has 0 fully saturated rings. The van der Waals surface area contributed by atoms with Crippen LogP contribution in [0.3, 0.4) is 0 Å². The Balaban J connectivity index is 2.99. The van der Waals surface area contributed by atoms with E-state index in [1.165, 1.54) is 4.31 Å². The zero-order valence-electron chi connectivity index (χ0n) is 10.1. The van der Waals surface area contributed by atoms with E-state index in [1.54, 1.807) is 21.1 Å². The number of nitrogens with zero attached hydrogens (tertiary/aromatic N) is 1. The first kappa shape index (κ1) is 14.5. The lowest BCUT2D eigenvalue weighted by Crippen LogP contribution is -2.28. The van der Waals surface area contributed by atoms with Crippen LogP contribution in [0.2, 0.25) is 0 Å². The van der Waals surface area contributed by atoms with E-state index in [4.69, 9.17) is 4.74 Å². The molecule has 96 valence electrons. The van der Waals surface area contributed by atoms with Gasteiger partial charge in [-0.05, 0) is 25.1 Å². The highest BCUT2D eigenvalue weighted by atomic mass is 79.9. The molecule has 0 amide bonds. The van der Waals surface area contributed by atoms with Crippen LogP contribution in [0.5, 0.6) is 5.75 Å². The molecule has 0 radical (unpaired) electrons. The smallest absolute Gasteiger partial charge is 0.213 e. The van der Waals surface area contributed by atoms with Gasteiger partial charge in [0.05, 0.1) is 12.9 Å². The molecule has 17 heavy (non-hydrogen) atoms. The average molecular weight is 322 g/mol. The molecule has 1 aromatic carbocycles. The van der Waals surface area contributed by atoms with Gasteiger partial charge in [-0.2, -0.15) is 0 Å². The van der Waals surface area contributed by atoms with Crippen molar-refractivity contribution in [2.24, 2.45) is 0 Å². The molecule has 0 aliphatic heterocycles. The fourth-order valence-corrected chi connectivity index (χ4v) is 2.61. The molecule has 0 spiro atoms. The molecule has 0 aromatic heterocycles. The zero-order chi connectivity index (χ0) is 13.1. The second-order valence-corrected chi connectivity index (χ2v) is 6.89. The van der Waals surface area contributed by atoms with E-state index in [0.717, 1.165) is 10.0 Å². The predicted octanol–water partition coefficient (Wildman–Crippen LogP) is 2.24. The first-order valence-corrected chi connectivity index (χ1v) is 7.57. The highest BCUT2D eigenvalue weighted by Crippen LogP contribution is 2.24. The van der Waals surface area contributed by atoms with Gasteiger partial charge in [0.1, 0.15) is 5.75 Å². The number of sulfonamides is 1. The predicted molar refractivity (Wildman–Crippen MR) is 71.6 cm³/mol. The Morgan fingerprint density at radius 1 is 1.41 bits per heavy atom. The minimum absolute atomic E-state index is 0.0970. The Morgan fingerprint density at radius 3 is 2.59 bits per heavy atom. The molecule has 6 heteroatoms. The molecular weight excluding hydrogens is 306 g/mol. The molecule has 0 aliphatic rings. The minimum atomic E-state index is -3.17. The van der Waals surface area contributed by atoms with Gasteiger partial charge in [0, 0.05) is 23.6 Å². The Morgan fingerprint density at radius 2 is 2.06 bits per heavy atom. The fourth-order valence-electron chi connectivity index (χ4n) is 1.43. The van der Waals surface area contributed by atoms with Crippen molar-refractivity contribution in [3.8, 4) is 5.75 Å². The van der Waals surface area contributed by atoms with Crippen LogP contribution in [-0.2, 0) is 16.6 Å². The largest absolute Gasteiger partial charge is 0.496 e. The summed E-state index contributed by atoms with van der Waals surface area (Å²) >= 11 is 3.36. The van der Waals surface area contributed by atoms with Gasteiger partial charge in [-0.25, -0.2) is 12.7 Å². The van der Waals surface area contributed by atoms with Crippen LogP contribution in [0, 0.1) is 0 Å². The molecule has 1 rings (SSSR count). The summed E-state index contributed by atoms with van der Waals surface area (Å²) < 4.78 is 30.8. The first-order valence-electron chi connectivity index (χ1n) is 5.17. The van der Waals surface area contributed by atoms with Crippen LogP contribution < -0.4 is 4.74 Å². The van der Waals surface area contributed by atoms with Crippen LogP contribution in [0.25, 0.3) is 0 Å². The van der Waals surface area contributed by atoms with Crippen LogP contribution in [0.1, 0.15) is 12.5 Å². The lowest BCUT2D eigenvalue weighted by atomic mass is 10.2. The SMILES string of the molecule is CCS(=O)(=O)N(C)Cc1cc(Br)ccc1OC. The minimum Gasteiger partial charge on any atom is -0.496 e. The summed E-state index contributed by atoms with van der Waals surface area (Å²) in [7, 11) is -0.0326. The topological polar surface area (TPSA) is 46.6 Å². The molecule has 0 heterocycles. The molecule has 0 atom stereocenters. The Bertz CT molecular complexity index is 487. The number of hydrogen-bond acceptors (Lipinski definition) is 3. The monoisotopic (exact) mass is 321 g/mol. The summed E-state index contributed by atoms with van der Waals surface area (Å²) in [4.78, 5) is 0. The van der Waals surface area contributed by atoms with Crippen molar-refractivity contribution >= 4 is 26.0 Å². The molecule has 0 unspecified atom stereocenters. The van der Waals surface area contributed by atoms with E-state index < -0.39 is 10.0 Å². The molecule has 0 aliphatic carbocycles. The summed E-state index contributed by atoms with van der Waals surface area (Å²) in [6.07, 6.45) is 0. The van der Waals surface area contributed by atoms with E-state index in [-0.39, 0.29) is 5.75 Å². The third-order valence-electron chi connectivity index (χ3n) is 2.48. The quantitative estimate of drug-likeness (QED) is 0.835. The van der Waals surface area contributed by atoms with Crippen LogP contribution >= 0.6 is 15.9 Å². The number of methoxy groups -OCH3 is 1. The van der Waals surface area contributed by atoms with Crippen molar-refractivity contribution in [2.45, 2.75) is 13.5 Å². The average Bonchev–Trinajstić information content (AvgIpc) is 2.29. The van der Waals surface area contributed by atoms with Gasteiger partial charge >= 0.3 is 0 Å². The van der Waals surface area contributed by atoms with Crippen LogP contribution in [-0.4, -0.2) is 32.6 Å². The molecule has 4 nitrogen and oxygen atoms in total. The standard InChI is InChI=1S/C11H16BrNO3S/c1-4-17(14,15)13(2)8-9-7-10(12)5-6-11(9)16-3/h5-7H,4,8H2,1-3H3. The normalized spacial score (nSPS) is 11.8. The third-order valence-corrected chi connectivity index (χ3v) is 4.78. The molecule has 0 saturated carbocycles. The maximum absolute atomic E-state index is 11.7. The lowest BCUT2D eigenvalue weighted by Gasteiger charge is -2.17. The molecule has 0 bridgehead atoms. The summed E-state index contributed by atoms with van der Waals surface area (Å²) in [5, 5.41) is 0. The van der Waals surface area contributed by atoms with Gasteiger partial charge in [-0.3, -0.25) is 0 Å². The van der Waals surface area contributed by atoms with Crippen molar-refractivity contribution in [1.29, 1.82) is 0 Å². The van der Waals surface area contributed by atoms with Crippen molar-refractivity contribution in [3.05, 3.63) is 28.2 Å². The number of halogens is 1. The van der Waals surface area contributed by atoms with Crippen molar-refractivity contribution < 1.29 is 13.2 Å². The fraction of sp³-hybridized carbons (Fsp3) is 0.455. The maximum atomic E-state index is 11.7. The van der Waals surface area contributed by atoms with Crippen LogP contribution in [0.4, 0.5) is 0 Å². The van der Waals surface area contributed by atoms with Gasteiger partial charge in [-0.1, -0.05) is 15.9 Å². The highest BCUT2D eigenvalue weighted by molar-refractivity contribution is 9.10. The first-order chi connectivity index (χ1) is 7.90. The van der Waals surface area contributed by atoms with E-state index >= 15 is 0 Å². The van der Waals surface area contributed by atoms with Gasteiger partial charge in [-0.15, -0.1) is 0 Å². The van der Waals surface area contributed by atoms with E-state index in [0.29, 0.717) is 12.3 Å². The van der Waals surface area contributed by atoms with E-state index in [9.17, 15) is 8.42 Å². The molecule has 0 saturated heterocycles. The van der Waals surface area contributed by atoms with Crippen molar-refractivity contribution in [1.82, 2.24) is 4.31 Å². The summed E-state index contributed by atoms with van der Waals surface area (Å²) in [6.45, 7) is 1.93. The van der Waals surface area contributed by atoms with E-state index in [2.05, 4.69) is 15.9 Å². The van der Waals surface area contributed by atoms with Crippen molar-refractivity contribution in [2.75, 3.05) is 19.9 Å². The number of rotatable bonds is 5. The summed E-state index contributed by atoms with van der Waals surface area (Å²) in [5.41, 5.74) is 0.835. The van der Waals surface area contributed by atoms with Crippen molar-refractivity contribution in [3.63, 3.8) is 0 Å². The van der Waals surface area contributed by atoms with Crippen LogP contribution in [0.15, 0.2) is 22.7 Å². The second-order valence-electron chi connectivity index (χ2n) is 3.61. The number of ether oxygens (including phenoxy) is 1. The lowest BCUT2D eigenvalue weighted by molar-refractivity contribution is 0.398. The second kappa shape index (κ2) is 5.84. The van der Waals surface area contributed by atoms with Gasteiger partial charge in [0.25, 0.3) is 0 Å². The Hall–Kier alpha value is -0.590. The zero-order valence-corrected chi connectivity index (χ0v) is 12.5. The Labute approximate surface area is 111 Å². The number of benzene rings is 1. The third kappa shape index (κ3) is 3.69. The molecule has 1 aromatic rings. The van der Waals surface area contributed by atoms with E-state index in [1.807, 2.05) is 18.2 Å². The maximum Gasteiger partial charge on any atom is 0.213 e. The van der Waals surface area contributed by atoms with Gasteiger partial charge < -0.3 is 4.74 Å². The number of hydrogen-bond donors (Lipinski definition) is 0. The summed E-state index contributed by atoms with van der Waals surface area (Å²) in [6, 6.07) is 5.53. The molecule has 0 N–H and O–H groups in total. The summed E-state index contributed by atoms with van der Waals surface area (Å²) in [5.74, 6) is 0.783. The highest BCUT2D eigenvalue weighted by Gasteiger charge is 2.17. The van der Waals surface area contributed by atoms with Gasteiger partial charge in [0.15, 0.2) is 0 Å². The molecular formula is C11H16BrNO3S. The van der Waals surface area contributed by atoms with Gasteiger partial charge in [0.2, 0.25) is 10.0 Å². The Kier molecular flexibility index (Phi) is 4.97.